The summed E-state index contributed by atoms with van der Waals surface area (Å²) in [4.78, 5) is 7.63. The summed E-state index contributed by atoms with van der Waals surface area (Å²) in [6, 6.07) is 5.73. The van der Waals surface area contributed by atoms with E-state index in [1.807, 2.05) is 35.1 Å². The van der Waals surface area contributed by atoms with E-state index in [1.54, 1.807) is 11.3 Å². The topological polar surface area (TPSA) is 33.6 Å². The van der Waals surface area contributed by atoms with E-state index in [0.29, 0.717) is 16.3 Å². The first-order chi connectivity index (χ1) is 8.63. The number of hydrogen-bond acceptors (Lipinski definition) is 3. The number of aryl methyl sites for hydroxylation is 1. The molecule has 3 rings (SSSR count). The first-order valence-electron chi connectivity index (χ1n) is 5.42. The van der Waals surface area contributed by atoms with Crippen LogP contribution in [-0.2, 0) is 6.54 Å². The van der Waals surface area contributed by atoms with Crippen molar-refractivity contribution < 1.29 is 0 Å². The molecule has 2 heterocycles. The van der Waals surface area contributed by atoms with Crippen LogP contribution in [0.15, 0.2) is 23.6 Å². The molecule has 0 spiro atoms. The predicted molar refractivity (Wildman–Crippen MR) is 78.1 cm³/mol. The number of nitrogens with zero attached hydrogens (tertiary/aromatic N) is 2. The highest BCUT2D eigenvalue weighted by Crippen LogP contribution is 2.21. The first kappa shape index (κ1) is 11.9. The normalized spacial score (nSPS) is 11.2. The van der Waals surface area contributed by atoms with Crippen molar-refractivity contribution in [2.75, 3.05) is 0 Å². The number of hydrogen-bond donors (Lipinski definition) is 1. The van der Waals surface area contributed by atoms with Crippen LogP contribution in [0.25, 0.3) is 11.0 Å². The lowest BCUT2D eigenvalue weighted by atomic mass is 10.3. The van der Waals surface area contributed by atoms with Crippen LogP contribution >= 0.6 is 35.2 Å². The minimum atomic E-state index is 0.693. The molecule has 0 fully saturated rings. The molecule has 0 bridgehead atoms. The average molecular weight is 296 g/mol. The maximum absolute atomic E-state index is 5.97. The van der Waals surface area contributed by atoms with E-state index in [9.17, 15) is 0 Å². The van der Waals surface area contributed by atoms with Gasteiger partial charge in [-0.1, -0.05) is 11.6 Å². The first-order valence-corrected chi connectivity index (χ1v) is 7.09. The van der Waals surface area contributed by atoms with Gasteiger partial charge in [0, 0.05) is 16.1 Å². The van der Waals surface area contributed by atoms with Crippen molar-refractivity contribution in [2.45, 2.75) is 13.5 Å². The highest BCUT2D eigenvalue weighted by molar-refractivity contribution is 7.71. The molecule has 0 aliphatic heterocycles. The molecule has 0 unspecified atom stereocenters. The molecule has 1 N–H and O–H groups in total. The van der Waals surface area contributed by atoms with E-state index in [2.05, 4.69) is 9.97 Å². The molecule has 3 aromatic rings. The summed E-state index contributed by atoms with van der Waals surface area (Å²) in [6.45, 7) is 2.69. The number of rotatable bonds is 2. The Morgan fingerprint density at radius 3 is 3.06 bits per heavy atom. The second kappa shape index (κ2) is 4.50. The van der Waals surface area contributed by atoms with Crippen molar-refractivity contribution in [1.29, 1.82) is 0 Å². The number of nitrogens with one attached hydrogen (secondary N) is 1. The van der Waals surface area contributed by atoms with Gasteiger partial charge < -0.3 is 9.55 Å². The van der Waals surface area contributed by atoms with Crippen molar-refractivity contribution in [1.82, 2.24) is 14.5 Å². The summed E-state index contributed by atoms with van der Waals surface area (Å²) in [5.74, 6) is 0. The minimum Gasteiger partial charge on any atom is -0.331 e. The number of aromatic nitrogens is 3. The fourth-order valence-corrected chi connectivity index (χ4v) is 3.11. The van der Waals surface area contributed by atoms with Crippen LogP contribution in [0.5, 0.6) is 0 Å². The lowest BCUT2D eigenvalue weighted by Crippen LogP contribution is -1.99. The SMILES string of the molecule is Cc1csc(Cn2c(=S)[nH]c3cc(Cl)ccc32)n1. The lowest BCUT2D eigenvalue weighted by Gasteiger charge is -2.01. The Kier molecular flexibility index (Phi) is 2.97. The smallest absolute Gasteiger partial charge is 0.178 e. The monoisotopic (exact) mass is 295 g/mol. The largest absolute Gasteiger partial charge is 0.331 e. The molecule has 0 amide bonds. The van der Waals surface area contributed by atoms with E-state index in [1.165, 1.54) is 0 Å². The van der Waals surface area contributed by atoms with E-state index < -0.39 is 0 Å². The van der Waals surface area contributed by atoms with E-state index in [0.717, 1.165) is 21.7 Å². The van der Waals surface area contributed by atoms with Gasteiger partial charge in [-0.3, -0.25) is 0 Å². The molecular formula is C12H10ClN3S2. The zero-order valence-electron chi connectivity index (χ0n) is 9.61. The van der Waals surface area contributed by atoms with Crippen molar-refractivity contribution in [2.24, 2.45) is 0 Å². The van der Waals surface area contributed by atoms with E-state index in [4.69, 9.17) is 23.8 Å². The Morgan fingerprint density at radius 2 is 2.33 bits per heavy atom. The van der Waals surface area contributed by atoms with E-state index in [-0.39, 0.29) is 0 Å². The Hall–Kier alpha value is -1.17. The number of halogens is 1. The van der Waals surface area contributed by atoms with Gasteiger partial charge in [-0.25, -0.2) is 4.98 Å². The number of imidazole rings is 1. The summed E-state index contributed by atoms with van der Waals surface area (Å²) in [7, 11) is 0. The van der Waals surface area contributed by atoms with Crippen molar-refractivity contribution in [3.63, 3.8) is 0 Å². The van der Waals surface area contributed by atoms with Gasteiger partial charge in [0.05, 0.1) is 17.6 Å². The second-order valence-electron chi connectivity index (χ2n) is 4.06. The fraction of sp³-hybridized carbons (Fsp3) is 0.167. The third kappa shape index (κ3) is 2.09. The number of thiazole rings is 1. The molecule has 2 aromatic heterocycles. The summed E-state index contributed by atoms with van der Waals surface area (Å²) in [5.41, 5.74) is 3.06. The van der Waals surface area contributed by atoms with Crippen molar-refractivity contribution >= 4 is 46.2 Å². The van der Waals surface area contributed by atoms with Gasteiger partial charge in [0.2, 0.25) is 0 Å². The number of benzene rings is 1. The van der Waals surface area contributed by atoms with E-state index >= 15 is 0 Å². The van der Waals surface area contributed by atoms with Crippen LogP contribution in [-0.4, -0.2) is 14.5 Å². The van der Waals surface area contributed by atoms with Crippen LogP contribution in [0.3, 0.4) is 0 Å². The molecule has 0 atom stereocenters. The molecule has 0 aliphatic rings. The van der Waals surface area contributed by atoms with Crippen LogP contribution in [0.2, 0.25) is 5.02 Å². The zero-order chi connectivity index (χ0) is 12.7. The lowest BCUT2D eigenvalue weighted by molar-refractivity contribution is 0.800. The molecule has 0 aliphatic carbocycles. The molecule has 92 valence electrons. The molecule has 3 nitrogen and oxygen atoms in total. The quantitative estimate of drug-likeness (QED) is 0.720. The van der Waals surface area contributed by atoms with Gasteiger partial charge in [-0.15, -0.1) is 11.3 Å². The van der Waals surface area contributed by atoms with Gasteiger partial charge in [0.15, 0.2) is 4.77 Å². The zero-order valence-corrected chi connectivity index (χ0v) is 12.0. The Balaban J connectivity index is 2.11. The van der Waals surface area contributed by atoms with Gasteiger partial charge in [0.25, 0.3) is 0 Å². The summed E-state index contributed by atoms with van der Waals surface area (Å²) in [5, 5.41) is 3.81. The molecule has 0 radical (unpaired) electrons. The van der Waals surface area contributed by atoms with Crippen LogP contribution < -0.4 is 0 Å². The number of H-pyrrole nitrogens is 1. The highest BCUT2D eigenvalue weighted by Gasteiger charge is 2.07. The predicted octanol–water partition coefficient (Wildman–Crippen LogP) is 4.17. The maximum atomic E-state index is 5.97. The molecule has 6 heteroatoms. The Labute approximate surface area is 118 Å². The maximum Gasteiger partial charge on any atom is 0.178 e. The third-order valence-corrected chi connectivity index (χ3v) is 4.21. The van der Waals surface area contributed by atoms with Gasteiger partial charge in [-0.2, -0.15) is 0 Å². The minimum absolute atomic E-state index is 0.693. The summed E-state index contributed by atoms with van der Waals surface area (Å²) >= 11 is 13.0. The molecule has 18 heavy (non-hydrogen) atoms. The number of aromatic amines is 1. The van der Waals surface area contributed by atoms with Crippen molar-refractivity contribution in [3.05, 3.63) is 44.1 Å². The third-order valence-electron chi connectivity index (χ3n) is 2.70. The highest BCUT2D eigenvalue weighted by atomic mass is 35.5. The Morgan fingerprint density at radius 1 is 1.50 bits per heavy atom. The molecule has 0 saturated carbocycles. The summed E-state index contributed by atoms with van der Waals surface area (Å²) < 4.78 is 2.74. The molecular weight excluding hydrogens is 286 g/mol. The summed E-state index contributed by atoms with van der Waals surface area (Å²) in [6.07, 6.45) is 0. The van der Waals surface area contributed by atoms with Crippen molar-refractivity contribution in [3.8, 4) is 0 Å². The van der Waals surface area contributed by atoms with Gasteiger partial charge >= 0.3 is 0 Å². The molecule has 0 saturated heterocycles. The van der Waals surface area contributed by atoms with Crippen LogP contribution in [0.4, 0.5) is 0 Å². The second-order valence-corrected chi connectivity index (χ2v) is 5.83. The number of fused-ring (bicyclic) bond motifs is 1. The van der Waals surface area contributed by atoms with Gasteiger partial charge in [0.1, 0.15) is 5.01 Å². The standard InChI is InChI=1S/C12H10ClN3S2/c1-7-6-18-11(14-7)5-16-10-3-2-8(13)4-9(10)15-12(16)17/h2-4,6H,5H2,1H3,(H,15,17). The molecule has 1 aromatic carbocycles. The average Bonchev–Trinajstić information content (AvgIpc) is 2.84. The fourth-order valence-electron chi connectivity index (χ4n) is 1.90. The van der Waals surface area contributed by atoms with Crippen LogP contribution in [0, 0.1) is 11.7 Å². The van der Waals surface area contributed by atoms with Crippen LogP contribution in [0.1, 0.15) is 10.7 Å². The Bertz CT molecular complexity index is 769. The van der Waals surface area contributed by atoms with Gasteiger partial charge in [-0.05, 0) is 37.3 Å².